The predicted molar refractivity (Wildman–Crippen MR) is 34.4 cm³/mol. The Labute approximate surface area is 91.7 Å². The summed E-state index contributed by atoms with van der Waals surface area (Å²) in [5.74, 6) is 0. The summed E-state index contributed by atoms with van der Waals surface area (Å²) in [4.78, 5) is 0. The Kier molecular flexibility index (Phi) is 71.7. The molecule has 0 aromatic rings. The van der Waals surface area contributed by atoms with E-state index in [1.54, 1.807) is 0 Å². The molecule has 0 spiro atoms. The minimum absolute atomic E-state index is 0. The molecule has 10 heavy (non-hydrogen) atoms. The largest absolute Gasteiger partial charge is 2.00 e. The molecule has 0 unspecified atom stereocenters. The van der Waals surface area contributed by atoms with Crippen molar-refractivity contribution >= 4 is 33.5 Å². The Morgan fingerprint density at radius 3 is 1.10 bits per heavy atom. The zero-order chi connectivity index (χ0) is 4.50. The molecule has 0 aliphatic carbocycles. The second-order valence-electron chi connectivity index (χ2n) is 0.448. The molecular weight excluding hydrogens is 262 g/mol. The molecule has 0 atom stereocenters. The maximum absolute atomic E-state index is 8.74. The van der Waals surface area contributed by atoms with Gasteiger partial charge in [0.15, 0.2) is 0 Å². The van der Waals surface area contributed by atoms with E-state index < -0.39 is 10.4 Å². The second-order valence-corrected chi connectivity index (χ2v) is 1.34. The van der Waals surface area contributed by atoms with Gasteiger partial charge >= 0.3 is 33.5 Å². The molecule has 0 aromatic heterocycles. The van der Waals surface area contributed by atoms with Crippen molar-refractivity contribution in [3.8, 4) is 0 Å². The zero-order valence-corrected chi connectivity index (χ0v) is 9.18. The van der Waals surface area contributed by atoms with Gasteiger partial charge in [0.1, 0.15) is 0 Å². The number of hydrogen-bond donors (Lipinski definition) is 3. The van der Waals surface area contributed by atoms with Gasteiger partial charge in [-0.2, -0.15) is 8.42 Å². The molecule has 66 valence electrons. The van der Waals surface area contributed by atoms with Crippen LogP contribution in [0, 0.1) is 0 Å². The average molecular weight is 273 g/mol. The third-order valence-corrected chi connectivity index (χ3v) is 0. The van der Waals surface area contributed by atoms with Crippen molar-refractivity contribution in [2.75, 3.05) is 0 Å². The fourth-order valence-corrected chi connectivity index (χ4v) is 0. The first-order valence-corrected chi connectivity index (χ1v) is 2.10. The summed E-state index contributed by atoms with van der Waals surface area (Å²) < 4.78 is 31.6. The van der Waals surface area contributed by atoms with E-state index in [4.69, 9.17) is 17.5 Å². The van der Waals surface area contributed by atoms with Crippen molar-refractivity contribution in [1.29, 1.82) is 0 Å². The summed E-state index contributed by atoms with van der Waals surface area (Å²) in [6, 6.07) is 0. The summed E-state index contributed by atoms with van der Waals surface area (Å²) in [5.41, 5.74) is 0. The van der Waals surface area contributed by atoms with Gasteiger partial charge in [-0.1, -0.05) is 0 Å². The molecule has 0 aliphatic rings. The molecular formula is H11MgMoNO6S. The zero-order valence-electron chi connectivity index (χ0n) is 6.94. The van der Waals surface area contributed by atoms with Gasteiger partial charge in [0.25, 0.3) is 0 Å². The van der Waals surface area contributed by atoms with E-state index in [0.717, 1.165) is 0 Å². The minimum Gasteiger partial charge on any atom is -1.00 e. The third kappa shape index (κ3) is 427. The summed E-state index contributed by atoms with van der Waals surface area (Å²) in [6.07, 6.45) is 0. The Hall–Kier alpha value is 1.20. The van der Waals surface area contributed by atoms with E-state index in [2.05, 4.69) is 0 Å². The monoisotopic (exact) mass is 275 g/mol. The van der Waals surface area contributed by atoms with Crippen molar-refractivity contribution in [2.45, 2.75) is 0 Å². The number of rotatable bonds is 0. The van der Waals surface area contributed by atoms with Crippen LogP contribution in [0.4, 0.5) is 0 Å². The molecule has 0 saturated heterocycles. The molecule has 0 rings (SSSR count). The Morgan fingerprint density at radius 2 is 1.10 bits per heavy atom. The minimum atomic E-state index is -4.67. The molecule has 0 aromatic carbocycles. The van der Waals surface area contributed by atoms with E-state index in [9.17, 15) is 0 Å². The predicted octanol–water partition coefficient (Wildman–Crippen LogP) is -2.30. The van der Waals surface area contributed by atoms with Gasteiger partial charge in [0, 0.05) is 21.1 Å². The summed E-state index contributed by atoms with van der Waals surface area (Å²) >= 11 is 0. The van der Waals surface area contributed by atoms with Crippen LogP contribution < -0.4 is 6.15 Å². The molecule has 0 amide bonds. The van der Waals surface area contributed by atoms with Crippen LogP contribution in [0.1, 0.15) is 2.85 Å². The van der Waals surface area contributed by atoms with Crippen molar-refractivity contribution in [2.24, 2.45) is 0 Å². The molecule has 7 nitrogen and oxygen atoms in total. The maximum atomic E-state index is 8.74. The van der Waals surface area contributed by atoms with Gasteiger partial charge < -0.3 is 20.0 Å². The first-order chi connectivity index (χ1) is 2.00. The normalized spacial score (nSPS) is 5.80. The summed E-state index contributed by atoms with van der Waals surface area (Å²) in [6.45, 7) is 0. The van der Waals surface area contributed by atoms with E-state index in [1.807, 2.05) is 0 Å². The molecule has 0 heterocycles. The number of hydrogen-bond acceptors (Lipinski definition) is 3. The van der Waals surface area contributed by atoms with Crippen molar-refractivity contribution in [3.05, 3.63) is 0 Å². The van der Waals surface area contributed by atoms with Crippen molar-refractivity contribution in [1.82, 2.24) is 6.15 Å². The van der Waals surface area contributed by atoms with E-state index >= 15 is 0 Å². The van der Waals surface area contributed by atoms with Gasteiger partial charge in [0.2, 0.25) is 0 Å². The molecule has 0 bridgehead atoms. The van der Waals surface area contributed by atoms with Gasteiger partial charge in [-0.05, 0) is 0 Å². The second kappa shape index (κ2) is 16.7. The van der Waals surface area contributed by atoms with Crippen LogP contribution in [-0.2, 0) is 31.5 Å². The Bertz CT molecular complexity index is 109. The first-order valence-electron chi connectivity index (χ1n) is 0.698. The van der Waals surface area contributed by atoms with E-state index in [1.165, 1.54) is 0 Å². The molecule has 0 aliphatic heterocycles. The van der Waals surface area contributed by atoms with Crippen LogP contribution in [0.5, 0.6) is 0 Å². The Morgan fingerprint density at radius 1 is 1.10 bits per heavy atom. The average Bonchev–Trinajstić information content (AvgIpc) is 0.722. The van der Waals surface area contributed by atoms with Gasteiger partial charge in [0.05, 0.1) is 0 Å². The van der Waals surface area contributed by atoms with Gasteiger partial charge in [-0.25, -0.2) is 0 Å². The van der Waals surface area contributed by atoms with Crippen LogP contribution in [0.3, 0.4) is 0 Å². The third-order valence-electron chi connectivity index (χ3n) is 0. The molecule has 0 fully saturated rings. The molecule has 0 radical (unpaired) electrons. The first kappa shape index (κ1) is 43.1. The van der Waals surface area contributed by atoms with E-state index in [-0.39, 0.29) is 64.1 Å². The molecule has 0 saturated carbocycles. The molecule has 10 heteroatoms. The van der Waals surface area contributed by atoms with Crippen molar-refractivity contribution in [3.63, 3.8) is 0 Å². The van der Waals surface area contributed by atoms with Crippen LogP contribution in [-0.4, -0.2) is 51.5 Å². The van der Waals surface area contributed by atoms with Gasteiger partial charge in [-0.3, -0.25) is 9.11 Å². The quantitative estimate of drug-likeness (QED) is 0.332. The van der Waals surface area contributed by atoms with Crippen LogP contribution in [0.15, 0.2) is 0 Å². The Balaban J connectivity index is -0.00000000381. The van der Waals surface area contributed by atoms with Crippen molar-refractivity contribution < 1.29 is 52.4 Å². The standard InChI is InChI=1S/Mg.Mo.H3N.H2O4S.2H2O.2H/c;;;1-5(2,3)4;;;;/h;;1H3;(H2,1,2,3,4);2*1H2;;/q+2;;;;;;2*-1. The topological polar surface area (TPSA) is 173 Å². The van der Waals surface area contributed by atoms with Crippen LogP contribution >= 0.6 is 0 Å². The van der Waals surface area contributed by atoms with Crippen LogP contribution in [0.25, 0.3) is 0 Å². The summed E-state index contributed by atoms with van der Waals surface area (Å²) in [7, 11) is -4.67. The van der Waals surface area contributed by atoms with Crippen LogP contribution in [0.2, 0.25) is 0 Å². The summed E-state index contributed by atoms with van der Waals surface area (Å²) in [5, 5.41) is 0. The SMILES string of the molecule is N.O.O.O=S(=O)(O)O.[H-].[H-].[Mg+2].[Mo]. The van der Waals surface area contributed by atoms with Gasteiger partial charge in [-0.15, -0.1) is 0 Å². The van der Waals surface area contributed by atoms with E-state index in [0.29, 0.717) is 0 Å². The fraction of sp³-hybridized carbons (Fsp3) is 0. The smallest absolute Gasteiger partial charge is 1.00 e. The molecule has 9 N–H and O–H groups in total. The fourth-order valence-electron chi connectivity index (χ4n) is 0. The maximum Gasteiger partial charge on any atom is 2.00 e.